The van der Waals surface area contributed by atoms with E-state index in [-0.39, 0.29) is 11.7 Å². The molecule has 1 aliphatic rings. The molecule has 2 aromatic rings. The van der Waals surface area contributed by atoms with Crippen LogP contribution in [-0.4, -0.2) is 39.8 Å². The molecule has 3 rings (SSSR count). The van der Waals surface area contributed by atoms with Crippen molar-refractivity contribution in [1.82, 2.24) is 15.0 Å². The number of benzene rings is 1. The fourth-order valence-electron chi connectivity index (χ4n) is 2.97. The number of β-amino-alcohol motifs (C(OH)–C–C–N with tert-alkyl or cyclic N) is 1. The molecule has 5 nitrogen and oxygen atoms in total. The number of hydrogen-bond donors (Lipinski definition) is 1. The second-order valence-corrected chi connectivity index (χ2v) is 5.85. The predicted molar refractivity (Wildman–Crippen MR) is 78.8 cm³/mol. The Bertz CT molecular complexity index is 631. The van der Waals surface area contributed by atoms with Crippen molar-refractivity contribution in [3.63, 3.8) is 0 Å². The number of piperidine rings is 1. The van der Waals surface area contributed by atoms with Gasteiger partial charge in [-0.3, -0.25) is 4.90 Å². The molecule has 1 aromatic heterocycles. The highest BCUT2D eigenvalue weighted by molar-refractivity contribution is 5.19. The molecule has 0 spiro atoms. The molecule has 22 heavy (non-hydrogen) atoms. The van der Waals surface area contributed by atoms with E-state index < -0.39 is 6.10 Å². The average Bonchev–Trinajstić information content (AvgIpc) is 2.94. The van der Waals surface area contributed by atoms with Gasteiger partial charge < -0.3 is 9.63 Å². The van der Waals surface area contributed by atoms with Crippen molar-refractivity contribution in [1.29, 1.82) is 0 Å². The van der Waals surface area contributed by atoms with Gasteiger partial charge in [0.25, 0.3) is 0 Å². The quantitative estimate of drug-likeness (QED) is 0.940. The largest absolute Gasteiger partial charge is 0.387 e. The zero-order chi connectivity index (χ0) is 15.5. The molecule has 6 heteroatoms. The molecular weight excluding hydrogens is 285 g/mol. The zero-order valence-electron chi connectivity index (χ0n) is 12.6. The minimum absolute atomic E-state index is 0.203. The van der Waals surface area contributed by atoms with Gasteiger partial charge >= 0.3 is 0 Å². The van der Waals surface area contributed by atoms with Crippen LogP contribution in [0.4, 0.5) is 4.39 Å². The van der Waals surface area contributed by atoms with Crippen LogP contribution in [0.15, 0.2) is 28.8 Å². The maximum atomic E-state index is 13.2. The summed E-state index contributed by atoms with van der Waals surface area (Å²) in [5.74, 6) is 1.19. The average molecular weight is 305 g/mol. The number of aryl methyl sites for hydroxylation is 1. The Morgan fingerprint density at radius 2 is 2.36 bits per heavy atom. The Balaban J connectivity index is 1.62. The summed E-state index contributed by atoms with van der Waals surface area (Å²) in [5.41, 5.74) is 0.607. The molecule has 0 unspecified atom stereocenters. The summed E-state index contributed by atoms with van der Waals surface area (Å²) >= 11 is 0. The summed E-state index contributed by atoms with van der Waals surface area (Å²) in [6.07, 6.45) is 1.33. The SMILES string of the molecule is Cc1noc([C@@H]2CCCN(C[C@@H](O)c3cccc(F)c3)C2)n1. The van der Waals surface area contributed by atoms with Crippen LogP contribution in [0.25, 0.3) is 0 Å². The number of aromatic nitrogens is 2. The Kier molecular flexibility index (Phi) is 4.49. The highest BCUT2D eigenvalue weighted by Gasteiger charge is 2.27. The summed E-state index contributed by atoms with van der Waals surface area (Å²) in [6, 6.07) is 6.13. The fourth-order valence-corrected chi connectivity index (χ4v) is 2.97. The highest BCUT2D eigenvalue weighted by Crippen LogP contribution is 2.27. The van der Waals surface area contributed by atoms with E-state index in [1.54, 1.807) is 19.1 Å². The molecule has 0 saturated carbocycles. The Morgan fingerprint density at radius 1 is 1.50 bits per heavy atom. The molecule has 2 heterocycles. The summed E-state index contributed by atoms with van der Waals surface area (Å²) in [7, 11) is 0. The second kappa shape index (κ2) is 6.54. The first-order valence-corrected chi connectivity index (χ1v) is 7.58. The number of likely N-dealkylation sites (tertiary alicyclic amines) is 1. The van der Waals surface area contributed by atoms with Crippen LogP contribution in [0.5, 0.6) is 0 Å². The zero-order valence-corrected chi connectivity index (χ0v) is 12.6. The molecule has 2 atom stereocenters. The molecule has 1 aliphatic heterocycles. The lowest BCUT2D eigenvalue weighted by Gasteiger charge is -2.32. The smallest absolute Gasteiger partial charge is 0.231 e. The lowest BCUT2D eigenvalue weighted by Crippen LogP contribution is -2.37. The second-order valence-electron chi connectivity index (χ2n) is 5.85. The van der Waals surface area contributed by atoms with Gasteiger partial charge in [0.05, 0.1) is 12.0 Å². The van der Waals surface area contributed by atoms with Gasteiger partial charge in [-0.2, -0.15) is 4.98 Å². The lowest BCUT2D eigenvalue weighted by molar-refractivity contribution is 0.0908. The Labute approximate surface area is 128 Å². The fraction of sp³-hybridized carbons (Fsp3) is 0.500. The molecule has 0 aliphatic carbocycles. The van der Waals surface area contributed by atoms with Crippen LogP contribution in [0.3, 0.4) is 0 Å². The lowest BCUT2D eigenvalue weighted by atomic mass is 9.97. The first-order valence-electron chi connectivity index (χ1n) is 7.58. The van der Waals surface area contributed by atoms with Crippen molar-refractivity contribution in [3.8, 4) is 0 Å². The van der Waals surface area contributed by atoms with E-state index in [2.05, 4.69) is 15.0 Å². The van der Waals surface area contributed by atoms with E-state index in [9.17, 15) is 9.50 Å². The van der Waals surface area contributed by atoms with Gasteiger partial charge in [0, 0.05) is 13.1 Å². The van der Waals surface area contributed by atoms with Crippen molar-refractivity contribution in [2.24, 2.45) is 0 Å². The van der Waals surface area contributed by atoms with E-state index in [4.69, 9.17) is 4.52 Å². The van der Waals surface area contributed by atoms with Gasteiger partial charge in [-0.05, 0) is 44.0 Å². The van der Waals surface area contributed by atoms with E-state index >= 15 is 0 Å². The number of nitrogens with zero attached hydrogens (tertiary/aromatic N) is 3. The van der Waals surface area contributed by atoms with E-state index in [0.29, 0.717) is 23.8 Å². The summed E-state index contributed by atoms with van der Waals surface area (Å²) in [5, 5.41) is 14.1. The maximum absolute atomic E-state index is 13.2. The monoisotopic (exact) mass is 305 g/mol. The van der Waals surface area contributed by atoms with Crippen LogP contribution in [-0.2, 0) is 0 Å². The van der Waals surface area contributed by atoms with E-state index in [0.717, 1.165) is 25.9 Å². The summed E-state index contributed by atoms with van der Waals surface area (Å²) in [4.78, 5) is 6.47. The molecular formula is C16H20FN3O2. The topological polar surface area (TPSA) is 62.4 Å². The van der Waals surface area contributed by atoms with Crippen molar-refractivity contribution < 1.29 is 14.0 Å². The third-order valence-electron chi connectivity index (χ3n) is 4.06. The molecule has 1 saturated heterocycles. The molecule has 0 radical (unpaired) electrons. The van der Waals surface area contributed by atoms with Gasteiger partial charge in [-0.25, -0.2) is 4.39 Å². The van der Waals surface area contributed by atoms with Crippen LogP contribution < -0.4 is 0 Å². The number of aliphatic hydroxyl groups is 1. The molecule has 118 valence electrons. The van der Waals surface area contributed by atoms with Gasteiger partial charge in [0.15, 0.2) is 5.82 Å². The van der Waals surface area contributed by atoms with E-state index in [1.807, 2.05) is 0 Å². The van der Waals surface area contributed by atoms with Crippen molar-refractivity contribution in [2.75, 3.05) is 19.6 Å². The minimum atomic E-state index is -0.695. The van der Waals surface area contributed by atoms with Crippen LogP contribution in [0, 0.1) is 12.7 Å². The summed E-state index contributed by atoms with van der Waals surface area (Å²) in [6.45, 7) is 3.97. The number of halogens is 1. The van der Waals surface area contributed by atoms with Gasteiger partial charge in [0.1, 0.15) is 5.82 Å². The van der Waals surface area contributed by atoms with Crippen LogP contribution >= 0.6 is 0 Å². The minimum Gasteiger partial charge on any atom is -0.387 e. The van der Waals surface area contributed by atoms with Crippen LogP contribution in [0.1, 0.15) is 42.1 Å². The highest BCUT2D eigenvalue weighted by atomic mass is 19.1. The number of aliphatic hydroxyl groups excluding tert-OH is 1. The first-order chi connectivity index (χ1) is 10.6. The standard InChI is InChI=1S/C16H20FN3O2/c1-11-18-16(22-19-11)13-5-3-7-20(9-13)10-15(21)12-4-2-6-14(17)8-12/h2,4,6,8,13,15,21H,3,5,7,9-10H2,1H3/t13-,15-/m1/s1. The van der Waals surface area contributed by atoms with Gasteiger partial charge in [0.2, 0.25) is 5.89 Å². The molecule has 1 N–H and O–H groups in total. The van der Waals surface area contributed by atoms with Crippen molar-refractivity contribution in [3.05, 3.63) is 47.4 Å². The molecule has 1 fully saturated rings. The summed E-state index contributed by atoms with van der Waals surface area (Å²) < 4.78 is 18.5. The maximum Gasteiger partial charge on any atom is 0.231 e. The molecule has 0 bridgehead atoms. The number of hydrogen-bond acceptors (Lipinski definition) is 5. The Hall–Kier alpha value is -1.79. The normalized spacial score (nSPS) is 21.0. The third kappa shape index (κ3) is 3.51. The predicted octanol–water partition coefficient (Wildman–Crippen LogP) is 2.43. The van der Waals surface area contributed by atoms with Crippen molar-refractivity contribution in [2.45, 2.75) is 31.8 Å². The van der Waals surface area contributed by atoms with E-state index in [1.165, 1.54) is 12.1 Å². The first kappa shape index (κ1) is 15.1. The van der Waals surface area contributed by atoms with Gasteiger partial charge in [-0.1, -0.05) is 17.3 Å². The number of rotatable bonds is 4. The molecule has 1 aromatic carbocycles. The van der Waals surface area contributed by atoms with Gasteiger partial charge in [-0.15, -0.1) is 0 Å². The van der Waals surface area contributed by atoms with Crippen molar-refractivity contribution >= 4 is 0 Å². The van der Waals surface area contributed by atoms with Crippen LogP contribution in [0.2, 0.25) is 0 Å². The third-order valence-corrected chi connectivity index (χ3v) is 4.06. The molecule has 0 amide bonds. The Morgan fingerprint density at radius 3 is 3.09 bits per heavy atom.